The van der Waals surface area contributed by atoms with Gasteiger partial charge in [0.05, 0.1) is 10.9 Å². The molecular formula is C27H24N4O3. The molecule has 34 heavy (non-hydrogen) atoms. The summed E-state index contributed by atoms with van der Waals surface area (Å²) < 4.78 is 6.73. The van der Waals surface area contributed by atoms with E-state index in [0.717, 1.165) is 17.5 Å². The fourth-order valence-corrected chi connectivity index (χ4v) is 4.02. The van der Waals surface area contributed by atoms with Crippen LogP contribution >= 0.6 is 0 Å². The molecule has 0 amide bonds. The SMILES string of the molecule is Cc1ccc(-c2noc(-c3ccc4c(=O)n(CCCc5ccccc5)c(=O)[nH]c4c3)n2)cc1C. The molecule has 0 spiro atoms. The van der Waals surface area contributed by atoms with Crippen molar-refractivity contribution in [3.8, 4) is 22.8 Å². The normalized spacial score (nSPS) is 11.2. The third-order valence-corrected chi connectivity index (χ3v) is 6.11. The number of aromatic amines is 1. The minimum absolute atomic E-state index is 0.306. The number of H-pyrrole nitrogens is 1. The van der Waals surface area contributed by atoms with Crippen molar-refractivity contribution in [1.82, 2.24) is 19.7 Å². The molecule has 3 aromatic carbocycles. The van der Waals surface area contributed by atoms with E-state index in [1.807, 2.05) is 62.4 Å². The van der Waals surface area contributed by atoms with Gasteiger partial charge >= 0.3 is 5.69 Å². The summed E-state index contributed by atoms with van der Waals surface area (Å²) in [4.78, 5) is 33.0. The van der Waals surface area contributed by atoms with Crippen molar-refractivity contribution >= 4 is 10.9 Å². The molecule has 2 aromatic heterocycles. The summed E-state index contributed by atoms with van der Waals surface area (Å²) in [6, 6.07) is 21.1. The largest absolute Gasteiger partial charge is 0.334 e. The summed E-state index contributed by atoms with van der Waals surface area (Å²) in [5, 5.41) is 4.54. The Kier molecular flexibility index (Phi) is 5.67. The van der Waals surface area contributed by atoms with E-state index in [-0.39, 0.29) is 5.56 Å². The van der Waals surface area contributed by atoms with Crippen molar-refractivity contribution in [3.05, 3.63) is 104 Å². The van der Waals surface area contributed by atoms with Crippen molar-refractivity contribution in [2.75, 3.05) is 0 Å². The fraction of sp³-hybridized carbons (Fsp3) is 0.185. The summed E-state index contributed by atoms with van der Waals surface area (Å²) in [6.07, 6.45) is 1.49. The lowest BCUT2D eigenvalue weighted by molar-refractivity contribution is 0.432. The molecule has 1 N–H and O–H groups in total. The average molecular weight is 453 g/mol. The average Bonchev–Trinajstić information content (AvgIpc) is 3.34. The van der Waals surface area contributed by atoms with Crippen molar-refractivity contribution < 1.29 is 4.52 Å². The minimum atomic E-state index is -0.427. The van der Waals surface area contributed by atoms with Crippen LogP contribution in [0.25, 0.3) is 33.7 Å². The summed E-state index contributed by atoms with van der Waals surface area (Å²) >= 11 is 0. The predicted octanol–water partition coefficient (Wildman–Crippen LogP) is 4.66. The highest BCUT2D eigenvalue weighted by Gasteiger charge is 2.14. The maximum absolute atomic E-state index is 13.0. The highest BCUT2D eigenvalue weighted by atomic mass is 16.5. The Balaban J connectivity index is 1.41. The van der Waals surface area contributed by atoms with Gasteiger partial charge in [-0.2, -0.15) is 4.98 Å². The molecule has 0 unspecified atom stereocenters. The maximum Gasteiger partial charge on any atom is 0.328 e. The molecule has 2 heterocycles. The van der Waals surface area contributed by atoms with Crippen LogP contribution in [0.5, 0.6) is 0 Å². The number of hydrogen-bond acceptors (Lipinski definition) is 5. The molecule has 0 bridgehead atoms. The van der Waals surface area contributed by atoms with E-state index in [2.05, 4.69) is 15.1 Å². The van der Waals surface area contributed by atoms with Crippen molar-refractivity contribution in [2.45, 2.75) is 33.2 Å². The topological polar surface area (TPSA) is 93.8 Å². The number of hydrogen-bond donors (Lipinski definition) is 1. The second kappa shape index (κ2) is 8.94. The van der Waals surface area contributed by atoms with Gasteiger partial charge in [0, 0.05) is 17.7 Å². The van der Waals surface area contributed by atoms with Crippen LogP contribution < -0.4 is 11.2 Å². The molecule has 7 heteroatoms. The standard InChI is InChI=1S/C27H24N4O3/c1-17-10-11-20(15-18(17)2)24-29-25(34-30-24)21-12-13-22-23(16-21)28-27(33)31(26(22)32)14-6-9-19-7-4-3-5-8-19/h3-5,7-8,10-13,15-16H,6,9,14H2,1-2H3,(H,28,33). The Labute approximate surface area is 195 Å². The quantitative estimate of drug-likeness (QED) is 0.405. The van der Waals surface area contributed by atoms with E-state index in [4.69, 9.17) is 4.52 Å². The number of nitrogens with one attached hydrogen (secondary N) is 1. The first-order valence-corrected chi connectivity index (χ1v) is 11.2. The molecule has 0 aliphatic heterocycles. The molecule has 7 nitrogen and oxygen atoms in total. The van der Waals surface area contributed by atoms with Crippen LogP contribution in [0.2, 0.25) is 0 Å². The maximum atomic E-state index is 13.0. The van der Waals surface area contributed by atoms with Crippen LogP contribution in [0.4, 0.5) is 0 Å². The van der Waals surface area contributed by atoms with Crippen LogP contribution in [-0.4, -0.2) is 19.7 Å². The lowest BCUT2D eigenvalue weighted by Gasteiger charge is -2.07. The van der Waals surface area contributed by atoms with Crippen LogP contribution in [0, 0.1) is 13.8 Å². The fourth-order valence-electron chi connectivity index (χ4n) is 4.02. The first-order chi connectivity index (χ1) is 16.5. The molecule has 0 saturated carbocycles. The summed E-state index contributed by atoms with van der Waals surface area (Å²) in [7, 11) is 0. The first kappa shape index (κ1) is 21.6. The molecule has 0 aliphatic carbocycles. The van der Waals surface area contributed by atoms with Gasteiger partial charge in [-0.25, -0.2) is 4.79 Å². The van der Waals surface area contributed by atoms with Gasteiger partial charge < -0.3 is 9.51 Å². The van der Waals surface area contributed by atoms with Gasteiger partial charge in [-0.05, 0) is 67.6 Å². The molecule has 0 fully saturated rings. The smallest absolute Gasteiger partial charge is 0.328 e. The van der Waals surface area contributed by atoms with Crippen LogP contribution in [-0.2, 0) is 13.0 Å². The van der Waals surface area contributed by atoms with Gasteiger partial charge in [0.15, 0.2) is 0 Å². The molecule has 0 saturated heterocycles. The summed E-state index contributed by atoms with van der Waals surface area (Å²) in [5.41, 5.74) is 4.72. The summed E-state index contributed by atoms with van der Waals surface area (Å²) in [6.45, 7) is 4.44. The van der Waals surface area contributed by atoms with Crippen LogP contribution in [0.1, 0.15) is 23.1 Å². The predicted molar refractivity (Wildman–Crippen MR) is 132 cm³/mol. The minimum Gasteiger partial charge on any atom is -0.334 e. The number of aromatic nitrogens is 4. The monoisotopic (exact) mass is 452 g/mol. The zero-order chi connectivity index (χ0) is 23.7. The molecule has 0 atom stereocenters. The summed E-state index contributed by atoms with van der Waals surface area (Å²) in [5.74, 6) is 0.809. The lowest BCUT2D eigenvalue weighted by Crippen LogP contribution is -2.35. The second-order valence-corrected chi connectivity index (χ2v) is 8.46. The van der Waals surface area contributed by atoms with Crippen LogP contribution in [0.15, 0.2) is 80.8 Å². The molecule has 5 rings (SSSR count). The van der Waals surface area contributed by atoms with Gasteiger partial charge in [-0.3, -0.25) is 9.36 Å². The zero-order valence-corrected chi connectivity index (χ0v) is 19.0. The molecular weight excluding hydrogens is 428 g/mol. The molecule has 0 aliphatic rings. The van der Waals surface area contributed by atoms with E-state index >= 15 is 0 Å². The van der Waals surface area contributed by atoms with Gasteiger partial charge in [0.25, 0.3) is 11.4 Å². The zero-order valence-electron chi connectivity index (χ0n) is 19.0. The lowest BCUT2D eigenvalue weighted by atomic mass is 10.1. The first-order valence-electron chi connectivity index (χ1n) is 11.2. The number of nitrogens with zero attached hydrogens (tertiary/aromatic N) is 3. The Morgan fingerprint density at radius 1 is 0.912 bits per heavy atom. The van der Waals surface area contributed by atoms with Crippen LogP contribution in [0.3, 0.4) is 0 Å². The highest BCUT2D eigenvalue weighted by Crippen LogP contribution is 2.25. The van der Waals surface area contributed by atoms with Crippen molar-refractivity contribution in [1.29, 1.82) is 0 Å². The van der Waals surface area contributed by atoms with Crippen molar-refractivity contribution in [3.63, 3.8) is 0 Å². The number of benzene rings is 3. The van der Waals surface area contributed by atoms with E-state index in [1.54, 1.807) is 18.2 Å². The number of aryl methyl sites for hydroxylation is 3. The van der Waals surface area contributed by atoms with Gasteiger partial charge in [0.2, 0.25) is 5.82 Å². The second-order valence-electron chi connectivity index (χ2n) is 8.46. The van der Waals surface area contributed by atoms with E-state index in [1.165, 1.54) is 15.7 Å². The van der Waals surface area contributed by atoms with Gasteiger partial charge in [-0.15, -0.1) is 0 Å². The molecule has 170 valence electrons. The van der Waals surface area contributed by atoms with Gasteiger partial charge in [-0.1, -0.05) is 47.6 Å². The van der Waals surface area contributed by atoms with Gasteiger partial charge in [0.1, 0.15) is 0 Å². The van der Waals surface area contributed by atoms with E-state index < -0.39 is 5.69 Å². The van der Waals surface area contributed by atoms with Crippen molar-refractivity contribution in [2.24, 2.45) is 0 Å². The molecule has 5 aromatic rings. The Bertz CT molecular complexity index is 1600. The Morgan fingerprint density at radius 3 is 2.50 bits per heavy atom. The number of rotatable bonds is 6. The van der Waals surface area contributed by atoms with E-state index in [0.29, 0.717) is 41.1 Å². The third-order valence-electron chi connectivity index (χ3n) is 6.11. The Morgan fingerprint density at radius 2 is 1.71 bits per heavy atom. The van der Waals surface area contributed by atoms with E-state index in [9.17, 15) is 9.59 Å². The molecule has 0 radical (unpaired) electrons. The third kappa shape index (κ3) is 4.20. The Hall–Kier alpha value is -4.26. The highest BCUT2D eigenvalue weighted by molar-refractivity contribution is 5.82. The number of fused-ring (bicyclic) bond motifs is 1.